The van der Waals surface area contributed by atoms with Gasteiger partial charge in [0.25, 0.3) is 0 Å². The lowest BCUT2D eigenvalue weighted by molar-refractivity contribution is 0.753. The van der Waals surface area contributed by atoms with Crippen LogP contribution < -0.4 is 0 Å². The Bertz CT molecular complexity index is 500. The molecule has 0 radical (unpaired) electrons. The lowest BCUT2D eigenvalue weighted by Crippen LogP contribution is -1.98. The molecule has 2 aromatic rings. The summed E-state index contributed by atoms with van der Waals surface area (Å²) < 4.78 is 0. The highest BCUT2D eigenvalue weighted by Crippen LogP contribution is 2.28. The summed E-state index contributed by atoms with van der Waals surface area (Å²) in [7, 11) is 0. The summed E-state index contributed by atoms with van der Waals surface area (Å²) >= 11 is 7.59. The molecule has 0 aliphatic heterocycles. The lowest BCUT2D eigenvalue weighted by atomic mass is 10.2. The van der Waals surface area contributed by atoms with Gasteiger partial charge in [0.15, 0.2) is 0 Å². The number of aromatic nitrogens is 2. The first kappa shape index (κ1) is 12.4. The molecule has 2 rings (SSSR count). The van der Waals surface area contributed by atoms with Crippen molar-refractivity contribution in [2.24, 2.45) is 0 Å². The summed E-state index contributed by atoms with van der Waals surface area (Å²) in [4.78, 5) is 9.86. The molecule has 0 N–H and O–H groups in total. The van der Waals surface area contributed by atoms with Gasteiger partial charge in [-0.2, -0.15) is 0 Å². The molecule has 0 bridgehead atoms. The SMILES string of the molecule is CC(C)c1nc(Cl)cc(Sc2ccccc2)n1. The Balaban J connectivity index is 2.27. The number of hydrogen-bond acceptors (Lipinski definition) is 3. The van der Waals surface area contributed by atoms with Gasteiger partial charge in [0.2, 0.25) is 0 Å². The Morgan fingerprint density at radius 1 is 1.12 bits per heavy atom. The van der Waals surface area contributed by atoms with Gasteiger partial charge in [-0.15, -0.1) is 0 Å². The fourth-order valence-corrected chi connectivity index (χ4v) is 2.43. The Labute approximate surface area is 110 Å². The molecule has 0 amide bonds. The molecule has 0 fully saturated rings. The predicted octanol–water partition coefficient (Wildman–Crippen LogP) is 4.40. The second kappa shape index (κ2) is 5.52. The summed E-state index contributed by atoms with van der Waals surface area (Å²) in [6.45, 7) is 4.12. The van der Waals surface area contributed by atoms with E-state index in [0.717, 1.165) is 15.7 Å². The predicted molar refractivity (Wildman–Crippen MR) is 71.7 cm³/mol. The minimum Gasteiger partial charge on any atom is -0.226 e. The van der Waals surface area contributed by atoms with E-state index < -0.39 is 0 Å². The van der Waals surface area contributed by atoms with Gasteiger partial charge in [0.1, 0.15) is 16.0 Å². The van der Waals surface area contributed by atoms with Gasteiger partial charge >= 0.3 is 0 Å². The summed E-state index contributed by atoms with van der Waals surface area (Å²) in [5.74, 6) is 1.07. The number of nitrogens with zero attached hydrogens (tertiary/aromatic N) is 2. The van der Waals surface area contributed by atoms with Crippen LogP contribution in [0.4, 0.5) is 0 Å². The number of benzene rings is 1. The zero-order valence-corrected chi connectivity index (χ0v) is 11.3. The molecule has 0 saturated carbocycles. The van der Waals surface area contributed by atoms with Gasteiger partial charge in [0.05, 0.1) is 0 Å². The highest BCUT2D eigenvalue weighted by molar-refractivity contribution is 7.99. The molecule has 0 unspecified atom stereocenters. The quantitative estimate of drug-likeness (QED) is 0.768. The van der Waals surface area contributed by atoms with Crippen molar-refractivity contribution in [1.29, 1.82) is 0 Å². The molecule has 1 aromatic heterocycles. The van der Waals surface area contributed by atoms with Gasteiger partial charge < -0.3 is 0 Å². The normalized spacial score (nSPS) is 10.8. The van der Waals surface area contributed by atoms with Crippen LogP contribution in [0.3, 0.4) is 0 Å². The number of rotatable bonds is 3. The van der Waals surface area contributed by atoms with E-state index in [-0.39, 0.29) is 5.92 Å². The topological polar surface area (TPSA) is 25.8 Å². The van der Waals surface area contributed by atoms with Crippen molar-refractivity contribution < 1.29 is 0 Å². The van der Waals surface area contributed by atoms with E-state index >= 15 is 0 Å². The summed E-state index contributed by atoms with van der Waals surface area (Å²) in [5.41, 5.74) is 0. The fraction of sp³-hybridized carbons (Fsp3) is 0.231. The Morgan fingerprint density at radius 2 is 1.82 bits per heavy atom. The molecular weight excluding hydrogens is 252 g/mol. The molecule has 0 aliphatic carbocycles. The van der Waals surface area contributed by atoms with Crippen LogP contribution in [0.2, 0.25) is 5.15 Å². The summed E-state index contributed by atoms with van der Waals surface area (Å²) in [6, 6.07) is 11.9. The van der Waals surface area contributed by atoms with Crippen LogP contribution in [-0.4, -0.2) is 9.97 Å². The van der Waals surface area contributed by atoms with Gasteiger partial charge in [-0.1, -0.05) is 55.4 Å². The van der Waals surface area contributed by atoms with Crippen molar-refractivity contribution in [3.8, 4) is 0 Å². The van der Waals surface area contributed by atoms with E-state index in [0.29, 0.717) is 5.15 Å². The second-order valence-electron chi connectivity index (χ2n) is 3.96. The molecule has 0 aliphatic rings. The number of halogens is 1. The maximum Gasteiger partial charge on any atom is 0.133 e. The van der Waals surface area contributed by atoms with Crippen molar-refractivity contribution in [2.75, 3.05) is 0 Å². The van der Waals surface area contributed by atoms with Crippen molar-refractivity contribution in [1.82, 2.24) is 9.97 Å². The van der Waals surface area contributed by atoms with Crippen LogP contribution in [0.15, 0.2) is 46.3 Å². The van der Waals surface area contributed by atoms with E-state index in [1.54, 1.807) is 17.8 Å². The highest BCUT2D eigenvalue weighted by atomic mass is 35.5. The monoisotopic (exact) mass is 264 g/mol. The van der Waals surface area contributed by atoms with Gasteiger partial charge in [-0.05, 0) is 12.1 Å². The standard InChI is InChI=1S/C13H13ClN2S/c1-9(2)13-15-11(14)8-12(16-13)17-10-6-4-3-5-7-10/h3-9H,1-2H3. The van der Waals surface area contributed by atoms with Crippen LogP contribution in [0.5, 0.6) is 0 Å². The molecule has 0 spiro atoms. The van der Waals surface area contributed by atoms with Crippen LogP contribution in [0.1, 0.15) is 25.6 Å². The minimum atomic E-state index is 0.281. The third-order valence-corrected chi connectivity index (χ3v) is 3.29. The first-order chi connectivity index (χ1) is 8.15. The van der Waals surface area contributed by atoms with E-state index in [9.17, 15) is 0 Å². The van der Waals surface area contributed by atoms with E-state index in [1.165, 1.54) is 0 Å². The smallest absolute Gasteiger partial charge is 0.133 e. The average molecular weight is 265 g/mol. The Hall–Kier alpha value is -1.06. The van der Waals surface area contributed by atoms with E-state index in [2.05, 4.69) is 35.9 Å². The minimum absolute atomic E-state index is 0.281. The average Bonchev–Trinajstić information content (AvgIpc) is 2.29. The first-order valence-electron chi connectivity index (χ1n) is 5.42. The third kappa shape index (κ3) is 3.45. The fourth-order valence-electron chi connectivity index (χ4n) is 1.33. The third-order valence-electron chi connectivity index (χ3n) is 2.17. The van der Waals surface area contributed by atoms with Crippen molar-refractivity contribution in [3.63, 3.8) is 0 Å². The largest absolute Gasteiger partial charge is 0.226 e. The maximum atomic E-state index is 6.00. The molecule has 2 nitrogen and oxygen atoms in total. The lowest BCUT2D eigenvalue weighted by Gasteiger charge is -2.07. The van der Waals surface area contributed by atoms with Gasteiger partial charge in [-0.3, -0.25) is 0 Å². The maximum absolute atomic E-state index is 6.00. The van der Waals surface area contributed by atoms with Gasteiger partial charge in [0, 0.05) is 16.9 Å². The Morgan fingerprint density at radius 3 is 2.47 bits per heavy atom. The van der Waals surface area contributed by atoms with E-state index in [4.69, 9.17) is 11.6 Å². The summed E-state index contributed by atoms with van der Waals surface area (Å²) in [6.07, 6.45) is 0. The first-order valence-corrected chi connectivity index (χ1v) is 6.62. The molecule has 88 valence electrons. The van der Waals surface area contributed by atoms with Crippen LogP contribution in [-0.2, 0) is 0 Å². The zero-order chi connectivity index (χ0) is 12.3. The van der Waals surface area contributed by atoms with Gasteiger partial charge in [-0.25, -0.2) is 9.97 Å². The van der Waals surface area contributed by atoms with Crippen LogP contribution in [0, 0.1) is 0 Å². The second-order valence-corrected chi connectivity index (χ2v) is 5.44. The van der Waals surface area contributed by atoms with Crippen molar-refractivity contribution >= 4 is 23.4 Å². The molecular formula is C13H13ClN2S. The molecule has 4 heteroatoms. The summed E-state index contributed by atoms with van der Waals surface area (Å²) in [5, 5.41) is 1.39. The van der Waals surface area contributed by atoms with Crippen LogP contribution >= 0.6 is 23.4 Å². The van der Waals surface area contributed by atoms with Crippen molar-refractivity contribution in [2.45, 2.75) is 29.7 Å². The molecule has 0 saturated heterocycles. The van der Waals surface area contributed by atoms with E-state index in [1.807, 2.05) is 18.2 Å². The number of hydrogen-bond donors (Lipinski definition) is 0. The molecule has 1 aromatic carbocycles. The molecule has 17 heavy (non-hydrogen) atoms. The van der Waals surface area contributed by atoms with Crippen molar-refractivity contribution in [3.05, 3.63) is 47.4 Å². The molecule has 1 heterocycles. The zero-order valence-electron chi connectivity index (χ0n) is 9.72. The Kier molecular flexibility index (Phi) is 4.02. The molecule has 0 atom stereocenters. The highest BCUT2D eigenvalue weighted by Gasteiger charge is 2.07. The van der Waals surface area contributed by atoms with Crippen LogP contribution in [0.25, 0.3) is 0 Å².